The third-order valence-corrected chi connectivity index (χ3v) is 5.46. The summed E-state index contributed by atoms with van der Waals surface area (Å²) in [7, 11) is 0. The van der Waals surface area contributed by atoms with Gasteiger partial charge in [-0.15, -0.1) is 0 Å². The Bertz CT molecular complexity index is 1210. The van der Waals surface area contributed by atoms with Crippen LogP contribution >= 0.6 is 0 Å². The third-order valence-electron chi connectivity index (χ3n) is 5.46. The fraction of sp³-hybridized carbons (Fsp3) is 0.304. The number of rotatable bonds is 5. The molecule has 0 radical (unpaired) electrons. The van der Waals surface area contributed by atoms with Crippen LogP contribution in [-0.4, -0.2) is 19.3 Å². The molecule has 3 aromatic rings. The standard InChI is InChI=1S/C23H21NO6/c1-13-7-19(22-15-3-2-4-16(15)23(26)30-20(22)8-13)27-11-21(25)24-10-14-5-6-17-18(9-14)29-12-28-17/h5-9H,2-4,10-12H2,1H3,(H,24,25). The predicted octanol–water partition coefficient (Wildman–Crippen LogP) is 3.01. The largest absolute Gasteiger partial charge is 0.483 e. The summed E-state index contributed by atoms with van der Waals surface area (Å²) < 4.78 is 22.0. The molecule has 2 heterocycles. The summed E-state index contributed by atoms with van der Waals surface area (Å²) in [5.41, 5.74) is 3.76. The molecule has 0 unspecified atom stereocenters. The molecule has 2 aliphatic rings. The van der Waals surface area contributed by atoms with Gasteiger partial charge in [0.05, 0.1) is 5.39 Å². The molecule has 154 valence electrons. The lowest BCUT2D eigenvalue weighted by Crippen LogP contribution is -2.28. The highest BCUT2D eigenvalue weighted by Gasteiger charge is 2.22. The molecule has 1 amide bonds. The third kappa shape index (κ3) is 3.36. The van der Waals surface area contributed by atoms with E-state index in [1.807, 2.05) is 37.3 Å². The van der Waals surface area contributed by atoms with Gasteiger partial charge in [-0.3, -0.25) is 4.79 Å². The van der Waals surface area contributed by atoms with Crippen molar-refractivity contribution in [3.8, 4) is 17.2 Å². The molecule has 2 aromatic carbocycles. The van der Waals surface area contributed by atoms with Crippen molar-refractivity contribution in [1.82, 2.24) is 5.32 Å². The van der Waals surface area contributed by atoms with Crippen LogP contribution in [0.1, 0.15) is 28.7 Å². The second kappa shape index (κ2) is 7.40. The van der Waals surface area contributed by atoms with E-state index in [1.165, 1.54) is 0 Å². The Balaban J connectivity index is 1.31. The van der Waals surface area contributed by atoms with Gasteiger partial charge in [0.25, 0.3) is 5.91 Å². The molecular formula is C23H21NO6. The molecule has 1 N–H and O–H groups in total. The summed E-state index contributed by atoms with van der Waals surface area (Å²) >= 11 is 0. The fourth-order valence-corrected chi connectivity index (χ4v) is 4.06. The number of aryl methyl sites for hydroxylation is 2. The summed E-state index contributed by atoms with van der Waals surface area (Å²) in [6, 6.07) is 9.28. The van der Waals surface area contributed by atoms with Gasteiger partial charge in [0, 0.05) is 12.1 Å². The highest BCUT2D eigenvalue weighted by molar-refractivity contribution is 5.89. The van der Waals surface area contributed by atoms with Gasteiger partial charge in [0.15, 0.2) is 18.1 Å². The van der Waals surface area contributed by atoms with Crippen molar-refractivity contribution in [3.63, 3.8) is 0 Å². The van der Waals surface area contributed by atoms with E-state index in [0.29, 0.717) is 29.4 Å². The van der Waals surface area contributed by atoms with Crippen molar-refractivity contribution in [2.75, 3.05) is 13.4 Å². The van der Waals surface area contributed by atoms with Crippen molar-refractivity contribution in [2.24, 2.45) is 0 Å². The molecule has 0 saturated heterocycles. The Morgan fingerprint density at radius 2 is 1.93 bits per heavy atom. The Morgan fingerprint density at radius 1 is 1.10 bits per heavy atom. The van der Waals surface area contributed by atoms with Gasteiger partial charge in [-0.05, 0) is 67.1 Å². The Labute approximate surface area is 172 Å². The van der Waals surface area contributed by atoms with Crippen LogP contribution in [0.25, 0.3) is 11.0 Å². The van der Waals surface area contributed by atoms with Crippen molar-refractivity contribution in [3.05, 3.63) is 63.0 Å². The van der Waals surface area contributed by atoms with Crippen LogP contribution in [0.15, 0.2) is 39.5 Å². The number of nitrogens with one attached hydrogen (secondary N) is 1. The van der Waals surface area contributed by atoms with Crippen LogP contribution < -0.4 is 25.2 Å². The van der Waals surface area contributed by atoms with E-state index in [9.17, 15) is 9.59 Å². The van der Waals surface area contributed by atoms with E-state index < -0.39 is 0 Å². The topological polar surface area (TPSA) is 87.0 Å². The maximum Gasteiger partial charge on any atom is 0.339 e. The van der Waals surface area contributed by atoms with E-state index >= 15 is 0 Å². The molecule has 5 rings (SSSR count). The Hall–Kier alpha value is -3.48. The van der Waals surface area contributed by atoms with Gasteiger partial charge in [-0.25, -0.2) is 4.79 Å². The van der Waals surface area contributed by atoms with Gasteiger partial charge in [0.1, 0.15) is 11.3 Å². The fourth-order valence-electron chi connectivity index (χ4n) is 4.06. The van der Waals surface area contributed by atoms with Gasteiger partial charge < -0.3 is 23.9 Å². The minimum Gasteiger partial charge on any atom is -0.483 e. The van der Waals surface area contributed by atoms with Crippen molar-refractivity contribution >= 4 is 16.9 Å². The van der Waals surface area contributed by atoms with E-state index in [4.69, 9.17) is 18.6 Å². The van der Waals surface area contributed by atoms with Crippen LogP contribution in [-0.2, 0) is 24.2 Å². The summed E-state index contributed by atoms with van der Waals surface area (Å²) in [5.74, 6) is 1.72. The van der Waals surface area contributed by atoms with E-state index in [-0.39, 0.29) is 24.9 Å². The summed E-state index contributed by atoms with van der Waals surface area (Å²) in [6.07, 6.45) is 2.45. The van der Waals surface area contributed by atoms with Crippen LogP contribution in [0.4, 0.5) is 0 Å². The maximum atomic E-state index is 12.4. The van der Waals surface area contributed by atoms with Gasteiger partial charge in [-0.1, -0.05) is 6.07 Å². The monoisotopic (exact) mass is 407 g/mol. The van der Waals surface area contributed by atoms with Crippen molar-refractivity contribution in [1.29, 1.82) is 0 Å². The number of benzene rings is 2. The van der Waals surface area contributed by atoms with E-state index in [2.05, 4.69) is 5.32 Å². The molecule has 1 aromatic heterocycles. The summed E-state index contributed by atoms with van der Waals surface area (Å²) in [6.45, 7) is 2.35. The first-order valence-corrected chi connectivity index (χ1v) is 9.96. The first-order valence-electron chi connectivity index (χ1n) is 9.96. The zero-order chi connectivity index (χ0) is 20.7. The lowest BCUT2D eigenvalue weighted by molar-refractivity contribution is -0.123. The average Bonchev–Trinajstić information content (AvgIpc) is 3.39. The zero-order valence-electron chi connectivity index (χ0n) is 16.6. The molecule has 0 bridgehead atoms. The molecule has 1 aliphatic heterocycles. The van der Waals surface area contributed by atoms with Gasteiger partial charge >= 0.3 is 5.63 Å². The van der Waals surface area contributed by atoms with Crippen molar-refractivity contribution in [2.45, 2.75) is 32.7 Å². The quantitative estimate of drug-likeness (QED) is 0.655. The van der Waals surface area contributed by atoms with Crippen LogP contribution in [0.5, 0.6) is 17.2 Å². The number of carbonyl (C=O) groups is 1. The molecule has 0 spiro atoms. The number of hydrogen-bond donors (Lipinski definition) is 1. The predicted molar refractivity (Wildman–Crippen MR) is 109 cm³/mol. The molecule has 30 heavy (non-hydrogen) atoms. The van der Waals surface area contributed by atoms with Gasteiger partial charge in [-0.2, -0.15) is 0 Å². The number of amides is 1. The van der Waals surface area contributed by atoms with Crippen molar-refractivity contribution < 1.29 is 23.4 Å². The maximum absolute atomic E-state index is 12.4. The Kier molecular flexibility index (Phi) is 4.58. The first kappa shape index (κ1) is 18.5. The minimum atomic E-state index is -0.270. The van der Waals surface area contributed by atoms with E-state index in [1.54, 1.807) is 0 Å². The molecule has 0 saturated carbocycles. The number of fused-ring (bicyclic) bond motifs is 4. The highest BCUT2D eigenvalue weighted by atomic mass is 16.7. The highest BCUT2D eigenvalue weighted by Crippen LogP contribution is 2.35. The molecule has 7 heteroatoms. The summed E-state index contributed by atoms with van der Waals surface area (Å²) in [5, 5.41) is 3.65. The van der Waals surface area contributed by atoms with E-state index in [0.717, 1.165) is 46.9 Å². The molecule has 7 nitrogen and oxygen atoms in total. The van der Waals surface area contributed by atoms with Crippen LogP contribution in [0, 0.1) is 6.92 Å². The first-order chi connectivity index (χ1) is 14.6. The molecular weight excluding hydrogens is 386 g/mol. The normalized spacial score (nSPS) is 14.0. The summed E-state index contributed by atoms with van der Waals surface area (Å²) in [4.78, 5) is 24.6. The lowest BCUT2D eigenvalue weighted by atomic mass is 10.0. The smallest absolute Gasteiger partial charge is 0.339 e. The van der Waals surface area contributed by atoms with Gasteiger partial charge in [0.2, 0.25) is 6.79 Å². The zero-order valence-corrected chi connectivity index (χ0v) is 16.6. The Morgan fingerprint density at radius 3 is 2.83 bits per heavy atom. The second-order valence-corrected chi connectivity index (χ2v) is 7.59. The average molecular weight is 407 g/mol. The second-order valence-electron chi connectivity index (χ2n) is 7.59. The SMILES string of the molecule is Cc1cc(OCC(=O)NCc2ccc3c(c2)OCO3)c2c3c(c(=O)oc2c1)CCC3. The molecule has 0 atom stereocenters. The number of hydrogen-bond acceptors (Lipinski definition) is 6. The lowest BCUT2D eigenvalue weighted by Gasteiger charge is -2.13. The molecule has 0 fully saturated rings. The van der Waals surface area contributed by atoms with Crippen LogP contribution in [0.3, 0.4) is 0 Å². The molecule has 1 aliphatic carbocycles. The number of carbonyl (C=O) groups excluding carboxylic acids is 1. The minimum absolute atomic E-state index is 0.128. The van der Waals surface area contributed by atoms with Crippen LogP contribution in [0.2, 0.25) is 0 Å². The number of ether oxygens (including phenoxy) is 3.